The zero-order chi connectivity index (χ0) is 10.8. The summed E-state index contributed by atoms with van der Waals surface area (Å²) in [5.74, 6) is 0.565. The van der Waals surface area contributed by atoms with Gasteiger partial charge in [-0.3, -0.25) is 0 Å². The van der Waals surface area contributed by atoms with Crippen LogP contribution in [0.15, 0.2) is 35.1 Å². The third-order valence-electron chi connectivity index (χ3n) is 2.97. The predicted molar refractivity (Wildman–Crippen MR) is 61.0 cm³/mol. The van der Waals surface area contributed by atoms with Crippen LogP contribution in [0.4, 0.5) is 5.69 Å². The summed E-state index contributed by atoms with van der Waals surface area (Å²) in [4.78, 5) is 4.01. The Morgan fingerprint density at radius 1 is 1.19 bits per heavy atom. The number of aromatic nitrogens is 2. The Hall–Kier alpha value is -1.84. The minimum Gasteiger partial charge on any atom is -0.382 e. The molecule has 1 aliphatic rings. The lowest BCUT2D eigenvalue weighted by atomic mass is 9.93. The number of benzene rings is 1. The molecule has 1 aliphatic carbocycles. The summed E-state index contributed by atoms with van der Waals surface area (Å²) in [6.07, 6.45) is 5.32. The van der Waals surface area contributed by atoms with E-state index >= 15 is 0 Å². The van der Waals surface area contributed by atoms with Crippen molar-refractivity contribution < 1.29 is 4.52 Å². The van der Waals surface area contributed by atoms with Crippen LogP contribution < -0.4 is 5.32 Å². The topological polar surface area (TPSA) is 51.0 Å². The van der Waals surface area contributed by atoms with Crippen LogP contribution in [-0.2, 0) is 0 Å². The van der Waals surface area contributed by atoms with E-state index in [1.807, 2.05) is 12.1 Å². The van der Waals surface area contributed by atoms with Crippen LogP contribution in [-0.4, -0.2) is 16.2 Å². The lowest BCUT2D eigenvalue weighted by molar-refractivity contribution is 0.430. The van der Waals surface area contributed by atoms with E-state index in [4.69, 9.17) is 4.52 Å². The van der Waals surface area contributed by atoms with Crippen LogP contribution in [0.1, 0.15) is 19.3 Å². The van der Waals surface area contributed by atoms with Gasteiger partial charge in [-0.25, -0.2) is 0 Å². The zero-order valence-corrected chi connectivity index (χ0v) is 8.89. The van der Waals surface area contributed by atoms with Gasteiger partial charge >= 0.3 is 0 Å². The van der Waals surface area contributed by atoms with Crippen molar-refractivity contribution >= 4 is 5.69 Å². The van der Waals surface area contributed by atoms with E-state index in [1.165, 1.54) is 25.6 Å². The summed E-state index contributed by atoms with van der Waals surface area (Å²) in [6, 6.07) is 8.76. The molecule has 2 aromatic rings. The zero-order valence-electron chi connectivity index (χ0n) is 8.89. The number of hydrogen-bond acceptors (Lipinski definition) is 4. The van der Waals surface area contributed by atoms with E-state index in [2.05, 4.69) is 27.6 Å². The number of nitrogens with zero attached hydrogens (tertiary/aromatic N) is 2. The van der Waals surface area contributed by atoms with Crippen molar-refractivity contribution in [1.82, 2.24) is 10.1 Å². The van der Waals surface area contributed by atoms with Crippen LogP contribution in [0.5, 0.6) is 0 Å². The van der Waals surface area contributed by atoms with E-state index in [0.29, 0.717) is 11.9 Å². The van der Waals surface area contributed by atoms with Crippen LogP contribution in [0.25, 0.3) is 11.5 Å². The first-order valence-electron chi connectivity index (χ1n) is 5.55. The average Bonchev–Trinajstić information content (AvgIpc) is 2.78. The second kappa shape index (κ2) is 3.96. The normalized spacial score (nSPS) is 15.8. The first-order chi connectivity index (χ1) is 7.92. The minimum atomic E-state index is 0.565. The SMILES string of the molecule is c1noc(-c2ccc(NC3CCC3)cc2)n1. The Bertz CT molecular complexity index is 446. The van der Waals surface area contributed by atoms with Gasteiger partial charge in [0.05, 0.1) is 0 Å². The molecule has 0 saturated heterocycles. The summed E-state index contributed by atoms with van der Waals surface area (Å²) < 4.78 is 4.99. The van der Waals surface area contributed by atoms with Crippen molar-refractivity contribution in [3.63, 3.8) is 0 Å². The minimum absolute atomic E-state index is 0.565. The van der Waals surface area contributed by atoms with Gasteiger partial charge in [0, 0.05) is 17.3 Å². The second-order valence-electron chi connectivity index (χ2n) is 4.10. The largest absolute Gasteiger partial charge is 0.382 e. The molecule has 4 heteroatoms. The Balaban J connectivity index is 1.74. The molecule has 1 N–H and O–H groups in total. The molecule has 4 nitrogen and oxygen atoms in total. The van der Waals surface area contributed by atoms with E-state index in [1.54, 1.807) is 0 Å². The van der Waals surface area contributed by atoms with Crippen molar-refractivity contribution in [3.8, 4) is 11.5 Å². The van der Waals surface area contributed by atoms with Gasteiger partial charge in [-0.15, -0.1) is 0 Å². The Morgan fingerprint density at radius 3 is 2.56 bits per heavy atom. The number of nitrogens with one attached hydrogen (secondary N) is 1. The van der Waals surface area contributed by atoms with Gasteiger partial charge in [0.1, 0.15) is 0 Å². The van der Waals surface area contributed by atoms with Crippen LogP contribution in [0.3, 0.4) is 0 Å². The van der Waals surface area contributed by atoms with Crippen molar-refractivity contribution in [2.24, 2.45) is 0 Å². The van der Waals surface area contributed by atoms with E-state index < -0.39 is 0 Å². The highest BCUT2D eigenvalue weighted by Gasteiger charge is 2.16. The van der Waals surface area contributed by atoms with Gasteiger partial charge in [-0.2, -0.15) is 4.98 Å². The van der Waals surface area contributed by atoms with Gasteiger partial charge in [0.25, 0.3) is 5.89 Å². The molecule has 3 rings (SSSR count). The van der Waals surface area contributed by atoms with Crippen molar-refractivity contribution in [3.05, 3.63) is 30.6 Å². The van der Waals surface area contributed by atoms with Crippen molar-refractivity contribution in [2.45, 2.75) is 25.3 Å². The summed E-state index contributed by atoms with van der Waals surface area (Å²) >= 11 is 0. The van der Waals surface area contributed by atoms with Crippen molar-refractivity contribution in [1.29, 1.82) is 0 Å². The quantitative estimate of drug-likeness (QED) is 0.855. The first-order valence-corrected chi connectivity index (χ1v) is 5.55. The molecule has 1 aromatic carbocycles. The average molecular weight is 215 g/mol. The van der Waals surface area contributed by atoms with E-state index in [-0.39, 0.29) is 0 Å². The standard InChI is InChI=1S/C12H13N3O/c1-2-10(3-1)15-11-6-4-9(5-7-11)12-13-8-14-16-12/h4-8,10,15H,1-3H2. The molecule has 0 radical (unpaired) electrons. The molecule has 1 saturated carbocycles. The highest BCUT2D eigenvalue weighted by Crippen LogP contribution is 2.24. The summed E-state index contributed by atoms with van der Waals surface area (Å²) in [6.45, 7) is 0. The first kappa shape index (κ1) is 9.39. The molecule has 82 valence electrons. The lowest BCUT2D eigenvalue weighted by Gasteiger charge is -2.27. The summed E-state index contributed by atoms with van der Waals surface area (Å²) in [5, 5.41) is 7.07. The molecule has 16 heavy (non-hydrogen) atoms. The van der Waals surface area contributed by atoms with Gasteiger partial charge < -0.3 is 9.84 Å². The highest BCUT2D eigenvalue weighted by molar-refractivity contribution is 5.58. The Labute approximate surface area is 93.7 Å². The predicted octanol–water partition coefficient (Wildman–Crippen LogP) is 2.70. The maximum absolute atomic E-state index is 4.99. The molecule has 0 aliphatic heterocycles. The summed E-state index contributed by atoms with van der Waals surface area (Å²) in [5.41, 5.74) is 2.12. The molecule has 1 heterocycles. The van der Waals surface area contributed by atoms with E-state index in [0.717, 1.165) is 11.3 Å². The molecule has 0 atom stereocenters. The maximum Gasteiger partial charge on any atom is 0.257 e. The lowest BCUT2D eigenvalue weighted by Crippen LogP contribution is -2.26. The monoisotopic (exact) mass is 215 g/mol. The fourth-order valence-electron chi connectivity index (χ4n) is 1.80. The van der Waals surface area contributed by atoms with Gasteiger partial charge in [0.15, 0.2) is 6.33 Å². The third kappa shape index (κ3) is 1.78. The van der Waals surface area contributed by atoms with Crippen molar-refractivity contribution in [2.75, 3.05) is 5.32 Å². The third-order valence-corrected chi connectivity index (χ3v) is 2.97. The van der Waals surface area contributed by atoms with Crippen LogP contribution in [0, 0.1) is 0 Å². The molecular formula is C12H13N3O. The molecule has 0 unspecified atom stereocenters. The number of hydrogen-bond donors (Lipinski definition) is 1. The number of rotatable bonds is 3. The second-order valence-corrected chi connectivity index (χ2v) is 4.10. The van der Waals surface area contributed by atoms with Gasteiger partial charge in [-0.1, -0.05) is 5.16 Å². The molecule has 1 fully saturated rings. The molecule has 0 amide bonds. The van der Waals surface area contributed by atoms with Gasteiger partial charge in [0.2, 0.25) is 0 Å². The fraction of sp³-hybridized carbons (Fsp3) is 0.333. The van der Waals surface area contributed by atoms with E-state index in [9.17, 15) is 0 Å². The molecule has 0 bridgehead atoms. The molecule has 1 aromatic heterocycles. The maximum atomic E-state index is 4.99. The Kier molecular flexibility index (Phi) is 2.33. The Morgan fingerprint density at radius 2 is 2.00 bits per heavy atom. The smallest absolute Gasteiger partial charge is 0.257 e. The van der Waals surface area contributed by atoms with Gasteiger partial charge in [-0.05, 0) is 43.5 Å². The van der Waals surface area contributed by atoms with Crippen LogP contribution >= 0.6 is 0 Å². The van der Waals surface area contributed by atoms with Crippen LogP contribution in [0.2, 0.25) is 0 Å². The summed E-state index contributed by atoms with van der Waals surface area (Å²) in [7, 11) is 0. The highest BCUT2D eigenvalue weighted by atomic mass is 16.5. The fourth-order valence-corrected chi connectivity index (χ4v) is 1.80. The molecular weight excluding hydrogens is 202 g/mol. The number of anilines is 1. The molecule has 0 spiro atoms.